The van der Waals surface area contributed by atoms with E-state index in [1.54, 1.807) is 18.2 Å². The Morgan fingerprint density at radius 1 is 1.31 bits per heavy atom. The minimum Gasteiger partial charge on any atom is -0.478 e. The van der Waals surface area contributed by atoms with Crippen molar-refractivity contribution in [3.63, 3.8) is 0 Å². The molecule has 1 aromatic carbocycles. The minimum absolute atomic E-state index is 0.319. The topological polar surface area (TPSA) is 113 Å². The molecule has 0 aliphatic heterocycles. The van der Waals surface area contributed by atoms with Gasteiger partial charge in [-0.2, -0.15) is 0 Å². The van der Waals surface area contributed by atoms with Crippen LogP contribution in [0.15, 0.2) is 29.3 Å². The van der Waals surface area contributed by atoms with Gasteiger partial charge < -0.3 is 10.1 Å². The quantitative estimate of drug-likeness (QED) is 0.709. The van der Waals surface area contributed by atoms with Crippen molar-refractivity contribution in [2.75, 3.05) is 0 Å². The SMILES string of the molecule is NS(=O)(=O)c1[nH]c2ccccc2c1C(=O)O. The van der Waals surface area contributed by atoms with Gasteiger partial charge >= 0.3 is 5.97 Å². The number of primary sulfonamides is 1. The van der Waals surface area contributed by atoms with E-state index in [1.807, 2.05) is 0 Å². The first-order chi connectivity index (χ1) is 7.41. The minimum atomic E-state index is -4.08. The standard InChI is InChI=1S/C9H8N2O4S/c10-16(14,15)8-7(9(12)13)5-3-1-2-4-6(5)11-8/h1-4,11H,(H,12,13)(H2,10,14,15). The maximum atomic E-state index is 11.2. The molecule has 0 aliphatic carbocycles. The summed E-state index contributed by atoms with van der Waals surface area (Å²) in [6.07, 6.45) is 0. The highest BCUT2D eigenvalue weighted by Crippen LogP contribution is 2.24. The third kappa shape index (κ3) is 1.55. The van der Waals surface area contributed by atoms with Crippen LogP contribution in [0.25, 0.3) is 10.9 Å². The molecule has 0 saturated heterocycles. The number of fused-ring (bicyclic) bond motifs is 1. The van der Waals surface area contributed by atoms with E-state index in [0.717, 1.165) is 0 Å². The summed E-state index contributed by atoms with van der Waals surface area (Å²) in [5.41, 5.74) is 0.0991. The van der Waals surface area contributed by atoms with Gasteiger partial charge in [0.05, 0.1) is 0 Å². The van der Waals surface area contributed by atoms with Gasteiger partial charge in [0, 0.05) is 10.9 Å². The number of rotatable bonds is 2. The molecule has 0 aliphatic rings. The fourth-order valence-electron chi connectivity index (χ4n) is 1.54. The second kappa shape index (κ2) is 3.32. The average Bonchev–Trinajstić information content (AvgIpc) is 2.55. The van der Waals surface area contributed by atoms with E-state index in [1.165, 1.54) is 6.07 Å². The van der Waals surface area contributed by atoms with E-state index < -0.39 is 21.0 Å². The Balaban J connectivity index is 2.95. The Morgan fingerprint density at radius 2 is 1.94 bits per heavy atom. The number of carboxylic acid groups (broad SMARTS) is 1. The first kappa shape index (κ1) is 10.7. The highest BCUT2D eigenvalue weighted by molar-refractivity contribution is 7.89. The van der Waals surface area contributed by atoms with Crippen LogP contribution in [-0.4, -0.2) is 24.5 Å². The molecule has 0 radical (unpaired) electrons. The molecule has 0 atom stereocenters. The monoisotopic (exact) mass is 240 g/mol. The van der Waals surface area contributed by atoms with Crippen LogP contribution < -0.4 is 5.14 Å². The van der Waals surface area contributed by atoms with Gasteiger partial charge in [-0.05, 0) is 6.07 Å². The van der Waals surface area contributed by atoms with E-state index in [2.05, 4.69) is 4.98 Å². The normalized spacial score (nSPS) is 11.8. The lowest BCUT2D eigenvalue weighted by atomic mass is 10.2. The molecule has 6 nitrogen and oxygen atoms in total. The van der Waals surface area contributed by atoms with E-state index in [0.29, 0.717) is 10.9 Å². The summed E-state index contributed by atoms with van der Waals surface area (Å²) in [5, 5.41) is 13.8. The molecule has 0 unspecified atom stereocenters. The molecule has 1 heterocycles. The first-order valence-corrected chi connectivity index (χ1v) is 5.82. The molecule has 0 bridgehead atoms. The number of hydrogen-bond acceptors (Lipinski definition) is 3. The third-order valence-corrected chi connectivity index (χ3v) is 3.05. The Bertz CT molecular complexity index is 672. The van der Waals surface area contributed by atoms with E-state index in [9.17, 15) is 13.2 Å². The van der Waals surface area contributed by atoms with Crippen molar-refractivity contribution < 1.29 is 18.3 Å². The Hall–Kier alpha value is -1.86. The summed E-state index contributed by atoms with van der Waals surface area (Å²) in [7, 11) is -4.08. The second-order valence-electron chi connectivity index (χ2n) is 3.22. The molecular formula is C9H8N2O4S. The van der Waals surface area contributed by atoms with Gasteiger partial charge in [0.2, 0.25) is 0 Å². The molecule has 0 spiro atoms. The molecule has 2 rings (SSSR count). The fourth-order valence-corrected chi connectivity index (χ4v) is 2.28. The number of carbonyl (C=O) groups is 1. The number of nitrogens with two attached hydrogens (primary N) is 1. The van der Waals surface area contributed by atoms with Gasteiger partial charge in [-0.15, -0.1) is 0 Å². The number of benzene rings is 1. The number of H-pyrrole nitrogens is 1. The molecule has 0 fully saturated rings. The second-order valence-corrected chi connectivity index (χ2v) is 4.72. The number of aromatic carboxylic acids is 1. The lowest BCUT2D eigenvalue weighted by molar-refractivity contribution is 0.0695. The maximum absolute atomic E-state index is 11.2. The number of aromatic amines is 1. The van der Waals surface area contributed by atoms with Crippen LogP contribution in [0.4, 0.5) is 0 Å². The number of para-hydroxylation sites is 1. The van der Waals surface area contributed by atoms with Crippen LogP contribution in [0.1, 0.15) is 10.4 Å². The smallest absolute Gasteiger partial charge is 0.339 e. The van der Waals surface area contributed by atoms with Crippen molar-refractivity contribution >= 4 is 26.9 Å². The first-order valence-electron chi connectivity index (χ1n) is 4.28. The predicted octanol–water partition coefficient (Wildman–Crippen LogP) is 0.513. The van der Waals surface area contributed by atoms with Crippen LogP contribution in [0.3, 0.4) is 0 Å². The van der Waals surface area contributed by atoms with Crippen molar-refractivity contribution in [2.24, 2.45) is 5.14 Å². The molecule has 0 amide bonds. The van der Waals surface area contributed by atoms with E-state index >= 15 is 0 Å². The molecular weight excluding hydrogens is 232 g/mol. The maximum Gasteiger partial charge on any atom is 0.339 e. The van der Waals surface area contributed by atoms with Crippen LogP contribution in [0, 0.1) is 0 Å². The lowest BCUT2D eigenvalue weighted by Crippen LogP contribution is -2.16. The van der Waals surface area contributed by atoms with Gasteiger partial charge in [-0.3, -0.25) is 0 Å². The molecule has 16 heavy (non-hydrogen) atoms. The summed E-state index contributed by atoms with van der Waals surface area (Å²) in [4.78, 5) is 13.5. The van der Waals surface area contributed by atoms with E-state index in [-0.39, 0.29) is 5.56 Å². The van der Waals surface area contributed by atoms with Crippen molar-refractivity contribution in [1.82, 2.24) is 4.98 Å². The lowest BCUT2D eigenvalue weighted by Gasteiger charge is -1.96. The summed E-state index contributed by atoms with van der Waals surface area (Å²) in [6.45, 7) is 0. The summed E-state index contributed by atoms with van der Waals surface area (Å²) >= 11 is 0. The zero-order chi connectivity index (χ0) is 11.9. The van der Waals surface area contributed by atoms with Crippen LogP contribution in [0.5, 0.6) is 0 Å². The van der Waals surface area contributed by atoms with Gasteiger partial charge in [-0.25, -0.2) is 18.4 Å². The zero-order valence-corrected chi connectivity index (χ0v) is 8.78. The largest absolute Gasteiger partial charge is 0.478 e. The number of hydrogen-bond donors (Lipinski definition) is 3. The molecule has 4 N–H and O–H groups in total. The number of carboxylic acids is 1. The number of aromatic nitrogens is 1. The van der Waals surface area contributed by atoms with Crippen LogP contribution in [0.2, 0.25) is 0 Å². The summed E-state index contributed by atoms with van der Waals surface area (Å²) in [6, 6.07) is 6.38. The Morgan fingerprint density at radius 3 is 2.50 bits per heavy atom. The van der Waals surface area contributed by atoms with Crippen molar-refractivity contribution in [2.45, 2.75) is 5.03 Å². The van der Waals surface area contributed by atoms with Gasteiger partial charge in [0.1, 0.15) is 5.56 Å². The average molecular weight is 240 g/mol. The van der Waals surface area contributed by atoms with Gasteiger partial charge in [-0.1, -0.05) is 18.2 Å². The molecule has 7 heteroatoms. The predicted molar refractivity (Wildman–Crippen MR) is 56.6 cm³/mol. The van der Waals surface area contributed by atoms with Gasteiger partial charge in [0.25, 0.3) is 10.0 Å². The zero-order valence-electron chi connectivity index (χ0n) is 7.97. The summed E-state index contributed by atoms with van der Waals surface area (Å²) < 4.78 is 22.4. The highest BCUT2D eigenvalue weighted by Gasteiger charge is 2.24. The molecule has 0 saturated carbocycles. The summed E-state index contributed by atoms with van der Waals surface area (Å²) in [5.74, 6) is -1.33. The van der Waals surface area contributed by atoms with Crippen molar-refractivity contribution in [3.8, 4) is 0 Å². The fraction of sp³-hybridized carbons (Fsp3) is 0. The Kier molecular flexibility index (Phi) is 2.21. The molecule has 2 aromatic rings. The van der Waals surface area contributed by atoms with Gasteiger partial charge in [0.15, 0.2) is 5.03 Å². The van der Waals surface area contributed by atoms with Crippen LogP contribution in [-0.2, 0) is 10.0 Å². The van der Waals surface area contributed by atoms with Crippen LogP contribution >= 0.6 is 0 Å². The number of nitrogens with one attached hydrogen (secondary N) is 1. The Labute approximate surface area is 90.7 Å². The van der Waals surface area contributed by atoms with Crippen molar-refractivity contribution in [3.05, 3.63) is 29.8 Å². The molecule has 1 aromatic heterocycles. The third-order valence-electron chi connectivity index (χ3n) is 2.17. The highest BCUT2D eigenvalue weighted by atomic mass is 32.2. The van der Waals surface area contributed by atoms with E-state index in [4.69, 9.17) is 10.2 Å². The number of sulfonamides is 1. The van der Waals surface area contributed by atoms with Crippen molar-refractivity contribution in [1.29, 1.82) is 0 Å². The molecule has 84 valence electrons.